The maximum absolute atomic E-state index is 10.5. The fourth-order valence-corrected chi connectivity index (χ4v) is 5.34. The Kier molecular flexibility index (Phi) is 5.94. The van der Waals surface area contributed by atoms with Gasteiger partial charge in [0.1, 0.15) is 5.75 Å². The molecule has 1 fully saturated rings. The molecule has 0 bridgehead atoms. The van der Waals surface area contributed by atoms with E-state index in [9.17, 15) is 5.11 Å². The number of hydrogen-bond acceptors (Lipinski definition) is 2. The van der Waals surface area contributed by atoms with Crippen LogP contribution < -0.4 is 15.5 Å². The number of phenolic OH excluding ortho intramolecular Hbond substituents is 1. The number of allylic oxidation sites excluding steroid dienone is 4. The van der Waals surface area contributed by atoms with Crippen molar-refractivity contribution in [1.82, 2.24) is 0 Å². The summed E-state index contributed by atoms with van der Waals surface area (Å²) >= 11 is 0. The molecule has 1 aliphatic carbocycles. The molecule has 0 saturated carbocycles. The molecule has 140 valence electrons. The molecular weight excluding hydrogens is 349 g/mol. The lowest BCUT2D eigenvalue weighted by molar-refractivity contribution is 0.479. The van der Waals surface area contributed by atoms with Crippen LogP contribution in [0.2, 0.25) is 0 Å². The third kappa shape index (κ3) is 4.62. The molecule has 1 saturated heterocycles. The van der Waals surface area contributed by atoms with Crippen molar-refractivity contribution in [2.75, 3.05) is 18.0 Å². The van der Waals surface area contributed by atoms with Gasteiger partial charge in [-0.25, -0.2) is 0 Å². The Labute approximate surface area is 164 Å². The first-order valence-electron chi connectivity index (χ1n) is 10.1. The van der Waals surface area contributed by atoms with E-state index in [-0.39, 0.29) is 0 Å². The van der Waals surface area contributed by atoms with Gasteiger partial charge in [0.25, 0.3) is 0 Å². The van der Waals surface area contributed by atoms with Crippen molar-refractivity contribution in [3.63, 3.8) is 0 Å². The number of para-hydroxylation sites is 1. The zero-order chi connectivity index (χ0) is 18.5. The van der Waals surface area contributed by atoms with E-state index in [1.807, 2.05) is 6.07 Å². The number of nitrogens with zero attached hydrogens (tertiary/aromatic N) is 1. The molecular formula is C24H28NOP. The van der Waals surface area contributed by atoms with Crippen LogP contribution in [-0.4, -0.2) is 18.2 Å². The molecule has 3 heteroatoms. The normalized spacial score (nSPS) is 19.9. The Balaban J connectivity index is 1.54. The highest BCUT2D eigenvalue weighted by molar-refractivity contribution is 7.56. The highest BCUT2D eigenvalue weighted by atomic mass is 31.1. The standard InChI is InChI=1S/C24H28NOP/c26-22-14-13-20(17-19-9-3-1-4-10-19)18-24(22)27-23-12-6-5-11-21(23)25-15-7-2-8-16-25/h1,3-6,9,11-14,18-19,26-27H,2,7-8,10,15-17H2. The van der Waals surface area contributed by atoms with Crippen LogP contribution in [0.3, 0.4) is 0 Å². The fraction of sp³-hybridized carbons (Fsp3) is 0.333. The molecule has 2 atom stereocenters. The van der Waals surface area contributed by atoms with Gasteiger partial charge >= 0.3 is 0 Å². The third-order valence-corrected chi connectivity index (χ3v) is 6.86. The molecule has 4 rings (SSSR count). The Morgan fingerprint density at radius 3 is 2.63 bits per heavy atom. The monoisotopic (exact) mass is 377 g/mol. The van der Waals surface area contributed by atoms with Gasteiger partial charge < -0.3 is 10.0 Å². The molecule has 0 spiro atoms. The fourth-order valence-electron chi connectivity index (χ4n) is 4.03. The molecule has 2 aromatic carbocycles. The van der Waals surface area contributed by atoms with Gasteiger partial charge in [0.05, 0.1) is 0 Å². The minimum atomic E-state index is 0.421. The number of piperidine rings is 1. The Morgan fingerprint density at radius 2 is 1.81 bits per heavy atom. The summed E-state index contributed by atoms with van der Waals surface area (Å²) < 4.78 is 0. The first-order chi connectivity index (χ1) is 13.3. The number of benzene rings is 2. The van der Waals surface area contributed by atoms with E-state index in [1.165, 1.54) is 35.8 Å². The van der Waals surface area contributed by atoms with Gasteiger partial charge in [0.2, 0.25) is 0 Å². The Hall–Kier alpha value is -2.05. The van der Waals surface area contributed by atoms with E-state index in [2.05, 4.69) is 65.6 Å². The van der Waals surface area contributed by atoms with Crippen molar-refractivity contribution in [1.29, 1.82) is 0 Å². The summed E-state index contributed by atoms with van der Waals surface area (Å²) in [7, 11) is 0.484. The summed E-state index contributed by atoms with van der Waals surface area (Å²) in [6, 6.07) is 14.9. The molecule has 1 heterocycles. The van der Waals surface area contributed by atoms with E-state index in [0.29, 0.717) is 20.2 Å². The average molecular weight is 377 g/mol. The van der Waals surface area contributed by atoms with E-state index in [0.717, 1.165) is 31.2 Å². The SMILES string of the molecule is Oc1ccc(CC2C=CC=CC2)cc1Pc1ccccc1N1CCCCC1. The van der Waals surface area contributed by atoms with Crippen molar-refractivity contribution in [2.45, 2.75) is 32.1 Å². The van der Waals surface area contributed by atoms with E-state index in [1.54, 1.807) is 0 Å². The largest absolute Gasteiger partial charge is 0.507 e. The van der Waals surface area contributed by atoms with Crippen molar-refractivity contribution >= 4 is 24.9 Å². The molecule has 2 unspecified atom stereocenters. The second kappa shape index (κ2) is 8.76. The summed E-state index contributed by atoms with van der Waals surface area (Å²) in [5.74, 6) is 0.987. The quantitative estimate of drug-likeness (QED) is 0.765. The molecule has 2 aromatic rings. The smallest absolute Gasteiger partial charge is 0.123 e. The van der Waals surface area contributed by atoms with E-state index in [4.69, 9.17) is 0 Å². The minimum absolute atomic E-state index is 0.421. The van der Waals surface area contributed by atoms with Gasteiger partial charge in [-0.05, 0) is 61.8 Å². The second-order valence-electron chi connectivity index (χ2n) is 7.55. The summed E-state index contributed by atoms with van der Waals surface area (Å²) in [5, 5.41) is 12.9. The molecule has 2 aliphatic rings. The Bertz CT molecular complexity index is 836. The average Bonchev–Trinajstić information content (AvgIpc) is 2.72. The van der Waals surface area contributed by atoms with Gasteiger partial charge in [0, 0.05) is 29.4 Å². The van der Waals surface area contributed by atoms with Crippen LogP contribution in [0.25, 0.3) is 0 Å². The van der Waals surface area contributed by atoms with Crippen LogP contribution >= 0.6 is 8.58 Å². The van der Waals surface area contributed by atoms with Crippen LogP contribution in [-0.2, 0) is 6.42 Å². The van der Waals surface area contributed by atoms with Gasteiger partial charge in [0.15, 0.2) is 0 Å². The molecule has 1 N–H and O–H groups in total. The van der Waals surface area contributed by atoms with Gasteiger partial charge in [-0.2, -0.15) is 0 Å². The molecule has 27 heavy (non-hydrogen) atoms. The maximum atomic E-state index is 10.5. The molecule has 0 aromatic heterocycles. The van der Waals surface area contributed by atoms with Crippen molar-refractivity contribution < 1.29 is 5.11 Å². The summed E-state index contributed by atoms with van der Waals surface area (Å²) in [4.78, 5) is 2.52. The van der Waals surface area contributed by atoms with Crippen molar-refractivity contribution in [3.05, 3.63) is 72.3 Å². The van der Waals surface area contributed by atoms with Crippen molar-refractivity contribution in [3.8, 4) is 5.75 Å². The minimum Gasteiger partial charge on any atom is -0.507 e. The lowest BCUT2D eigenvalue weighted by atomic mass is 9.93. The van der Waals surface area contributed by atoms with Crippen LogP contribution in [0, 0.1) is 5.92 Å². The van der Waals surface area contributed by atoms with E-state index < -0.39 is 0 Å². The summed E-state index contributed by atoms with van der Waals surface area (Å²) in [6.07, 6.45) is 14.8. The van der Waals surface area contributed by atoms with Gasteiger partial charge in [-0.3, -0.25) is 0 Å². The Morgan fingerprint density at radius 1 is 0.963 bits per heavy atom. The maximum Gasteiger partial charge on any atom is 0.123 e. The molecule has 0 radical (unpaired) electrons. The highest BCUT2D eigenvalue weighted by Crippen LogP contribution is 2.27. The predicted octanol–water partition coefficient (Wildman–Crippen LogP) is 4.69. The zero-order valence-corrected chi connectivity index (χ0v) is 16.8. The lowest BCUT2D eigenvalue weighted by Crippen LogP contribution is -2.32. The number of hydrogen-bond donors (Lipinski definition) is 1. The molecule has 1 aliphatic heterocycles. The zero-order valence-electron chi connectivity index (χ0n) is 15.8. The third-order valence-electron chi connectivity index (χ3n) is 5.50. The van der Waals surface area contributed by atoms with Crippen LogP contribution in [0.4, 0.5) is 5.69 Å². The number of aromatic hydroxyl groups is 1. The summed E-state index contributed by atoms with van der Waals surface area (Å²) in [5.41, 5.74) is 2.66. The highest BCUT2D eigenvalue weighted by Gasteiger charge is 2.16. The second-order valence-corrected chi connectivity index (χ2v) is 8.88. The topological polar surface area (TPSA) is 23.5 Å². The van der Waals surface area contributed by atoms with E-state index >= 15 is 0 Å². The first-order valence-corrected chi connectivity index (χ1v) is 11.1. The van der Waals surface area contributed by atoms with Crippen molar-refractivity contribution in [2.24, 2.45) is 5.92 Å². The molecule has 0 amide bonds. The van der Waals surface area contributed by atoms with Crippen LogP contribution in [0.5, 0.6) is 5.75 Å². The van der Waals surface area contributed by atoms with Gasteiger partial charge in [-0.1, -0.05) is 57.2 Å². The first kappa shape index (κ1) is 18.3. The predicted molar refractivity (Wildman–Crippen MR) is 118 cm³/mol. The lowest BCUT2D eigenvalue weighted by Gasteiger charge is -2.30. The summed E-state index contributed by atoms with van der Waals surface area (Å²) in [6.45, 7) is 2.30. The number of rotatable bonds is 5. The number of phenols is 1. The van der Waals surface area contributed by atoms with Crippen LogP contribution in [0.1, 0.15) is 31.2 Å². The molecule has 2 nitrogen and oxygen atoms in total. The van der Waals surface area contributed by atoms with Crippen LogP contribution in [0.15, 0.2) is 66.8 Å². The number of anilines is 1. The van der Waals surface area contributed by atoms with Gasteiger partial charge in [-0.15, -0.1) is 0 Å².